The van der Waals surface area contributed by atoms with Gasteiger partial charge in [0.1, 0.15) is 5.71 Å². The summed E-state index contributed by atoms with van der Waals surface area (Å²) in [6.07, 6.45) is -0.699. The van der Waals surface area contributed by atoms with E-state index >= 15 is 0 Å². The summed E-state index contributed by atoms with van der Waals surface area (Å²) in [6.45, 7) is 4.01. The Hall–Kier alpha value is -2.79. The van der Waals surface area contributed by atoms with E-state index in [0.29, 0.717) is 30.9 Å². The van der Waals surface area contributed by atoms with Gasteiger partial charge in [0.05, 0.1) is 19.8 Å². The molecule has 0 radical (unpaired) electrons. The number of allylic oxidation sites excluding steroid dienone is 1. The van der Waals surface area contributed by atoms with Crippen LogP contribution in [0.25, 0.3) is 0 Å². The van der Waals surface area contributed by atoms with E-state index in [-0.39, 0.29) is 30.5 Å². The molecular weight excluding hydrogens is 453 g/mol. The van der Waals surface area contributed by atoms with Crippen LogP contribution in [0.4, 0.5) is 13.2 Å². The molecule has 1 amide bonds. The summed E-state index contributed by atoms with van der Waals surface area (Å²) < 4.78 is 53.9. The number of nitrogens with zero attached hydrogens (tertiary/aromatic N) is 2. The molecule has 3 N–H and O–H groups in total. The second kappa shape index (κ2) is 12.1. The molecule has 0 unspecified atom stereocenters. The van der Waals surface area contributed by atoms with E-state index in [4.69, 9.17) is 15.2 Å². The van der Waals surface area contributed by atoms with Crippen molar-refractivity contribution in [2.24, 2.45) is 16.6 Å². The molecule has 8 nitrogen and oxygen atoms in total. The van der Waals surface area contributed by atoms with Crippen LogP contribution in [0.3, 0.4) is 0 Å². The van der Waals surface area contributed by atoms with Crippen molar-refractivity contribution in [3.8, 4) is 11.5 Å². The molecule has 3 rings (SSSR count). The fourth-order valence-corrected chi connectivity index (χ4v) is 3.48. The average Bonchev–Trinajstić information content (AvgIpc) is 3.65. The van der Waals surface area contributed by atoms with Gasteiger partial charge in [-0.3, -0.25) is 14.7 Å². The van der Waals surface area contributed by atoms with E-state index in [1.165, 1.54) is 19.2 Å². The highest BCUT2D eigenvalue weighted by Gasteiger charge is 2.32. The summed E-state index contributed by atoms with van der Waals surface area (Å²) in [5.41, 5.74) is 7.13. The Kier molecular flexibility index (Phi) is 9.17. The summed E-state index contributed by atoms with van der Waals surface area (Å²) in [5.74, 6) is -0.640. The summed E-state index contributed by atoms with van der Waals surface area (Å²) in [4.78, 5) is 18.6. The molecule has 2 aliphatic rings. The minimum Gasteiger partial charge on any atom is -0.490 e. The number of nitrogens with one attached hydrogen (secondary N) is 1. The van der Waals surface area contributed by atoms with Crippen LogP contribution >= 0.6 is 0 Å². The molecule has 0 spiro atoms. The monoisotopic (exact) mass is 484 g/mol. The van der Waals surface area contributed by atoms with Crippen molar-refractivity contribution in [2.75, 3.05) is 46.5 Å². The third kappa shape index (κ3) is 8.53. The highest BCUT2D eigenvalue weighted by molar-refractivity contribution is 6.43. The summed E-state index contributed by atoms with van der Waals surface area (Å²) >= 11 is 0. The number of hydrogen-bond acceptors (Lipinski definition) is 7. The smallest absolute Gasteiger partial charge is 0.490 e. The summed E-state index contributed by atoms with van der Waals surface area (Å²) in [6, 6.07) is 4.21. The van der Waals surface area contributed by atoms with Gasteiger partial charge in [-0.2, -0.15) is 0 Å². The van der Waals surface area contributed by atoms with Crippen molar-refractivity contribution in [3.63, 3.8) is 0 Å². The second-order valence-corrected chi connectivity index (χ2v) is 8.20. The number of hydrogen-bond donors (Lipinski definition) is 2. The van der Waals surface area contributed by atoms with Gasteiger partial charge in [-0.25, -0.2) is 0 Å². The van der Waals surface area contributed by atoms with Gasteiger partial charge in [0.2, 0.25) is 0 Å². The van der Waals surface area contributed by atoms with Gasteiger partial charge in [0, 0.05) is 38.9 Å². The van der Waals surface area contributed by atoms with Gasteiger partial charge in [0.25, 0.3) is 5.91 Å². The molecule has 188 valence electrons. The van der Waals surface area contributed by atoms with Gasteiger partial charge < -0.3 is 25.3 Å². The van der Waals surface area contributed by atoms with Gasteiger partial charge in [-0.1, -0.05) is 6.07 Å². The zero-order valence-electron chi connectivity index (χ0n) is 19.2. The minimum absolute atomic E-state index is 0.00895. The van der Waals surface area contributed by atoms with E-state index in [1.807, 2.05) is 0 Å². The van der Waals surface area contributed by atoms with Crippen LogP contribution in [0, 0.1) is 5.92 Å². The number of ether oxygens (including phenoxy) is 3. The third-order valence-electron chi connectivity index (χ3n) is 5.49. The van der Waals surface area contributed by atoms with Crippen molar-refractivity contribution >= 4 is 11.6 Å². The van der Waals surface area contributed by atoms with Crippen molar-refractivity contribution < 1.29 is 32.2 Å². The first-order valence-electron chi connectivity index (χ1n) is 11.3. The Labute approximate surface area is 196 Å². The number of alkyl halides is 3. The molecule has 34 heavy (non-hydrogen) atoms. The number of carbonyl (C=O) groups is 1. The van der Waals surface area contributed by atoms with Crippen LogP contribution in [0.1, 0.15) is 24.8 Å². The molecule has 11 heteroatoms. The highest BCUT2D eigenvalue weighted by atomic mass is 19.4. The molecule has 1 saturated heterocycles. The zero-order valence-corrected chi connectivity index (χ0v) is 19.2. The van der Waals surface area contributed by atoms with Crippen LogP contribution in [-0.4, -0.2) is 69.4 Å². The first kappa shape index (κ1) is 25.8. The predicted molar refractivity (Wildman–Crippen MR) is 121 cm³/mol. The van der Waals surface area contributed by atoms with Crippen LogP contribution in [0.5, 0.6) is 11.5 Å². The average molecular weight is 485 g/mol. The molecule has 1 saturated carbocycles. The standard InChI is InChI=1S/C23H31F3N4O4/c1-28-19(14-18(27)17-4-5-17)22(31)29-15-16-3-6-20(21(13-16)34-23(24,25)26)33-10-2-7-30-8-11-32-12-9-30/h3,6,13-14,17H,2,4-5,7-12,15,27H2,1H3,(H,29,31). The molecule has 1 aromatic carbocycles. The molecule has 0 aromatic heterocycles. The normalized spacial score (nSPS) is 18.0. The second-order valence-electron chi connectivity index (χ2n) is 8.20. The molecular formula is C23H31F3N4O4. The van der Waals surface area contributed by atoms with E-state index in [2.05, 4.69) is 19.9 Å². The lowest BCUT2D eigenvalue weighted by molar-refractivity contribution is -0.275. The minimum atomic E-state index is -4.87. The zero-order chi connectivity index (χ0) is 24.6. The predicted octanol–water partition coefficient (Wildman–Crippen LogP) is 2.63. The number of morpholine rings is 1. The first-order chi connectivity index (χ1) is 16.2. The lowest BCUT2D eigenvalue weighted by atomic mass is 10.2. The van der Waals surface area contributed by atoms with Crippen LogP contribution in [0.2, 0.25) is 0 Å². The topological polar surface area (TPSA) is 98.4 Å². The van der Waals surface area contributed by atoms with Gasteiger partial charge in [-0.15, -0.1) is 13.2 Å². The number of aliphatic imine (C=N–C) groups is 1. The van der Waals surface area contributed by atoms with Gasteiger partial charge >= 0.3 is 6.36 Å². The van der Waals surface area contributed by atoms with Crippen LogP contribution in [0.15, 0.2) is 35.0 Å². The molecule has 0 bridgehead atoms. The van der Waals surface area contributed by atoms with E-state index in [9.17, 15) is 18.0 Å². The SMILES string of the molecule is CN=C(C=C(N)C1CC1)C(=O)NCc1ccc(OCCCN2CCOCC2)c(OC(F)(F)F)c1. The van der Waals surface area contributed by atoms with E-state index < -0.39 is 18.0 Å². The molecule has 2 fully saturated rings. The van der Waals surface area contributed by atoms with Crippen LogP contribution < -0.4 is 20.5 Å². The van der Waals surface area contributed by atoms with Crippen molar-refractivity contribution in [1.29, 1.82) is 0 Å². The highest BCUT2D eigenvalue weighted by Crippen LogP contribution is 2.34. The number of benzene rings is 1. The molecule has 1 heterocycles. The number of rotatable bonds is 11. The number of nitrogens with two attached hydrogens (primary N) is 1. The van der Waals surface area contributed by atoms with Gasteiger partial charge in [0.15, 0.2) is 11.5 Å². The Morgan fingerprint density at radius 1 is 1.29 bits per heavy atom. The molecule has 1 aromatic rings. The number of carbonyl (C=O) groups excluding carboxylic acids is 1. The van der Waals surface area contributed by atoms with Crippen LogP contribution in [-0.2, 0) is 16.1 Å². The summed E-state index contributed by atoms with van der Waals surface area (Å²) in [5, 5.41) is 2.65. The van der Waals surface area contributed by atoms with Crippen molar-refractivity contribution in [3.05, 3.63) is 35.5 Å². The number of amides is 1. The van der Waals surface area contributed by atoms with Crippen molar-refractivity contribution in [2.45, 2.75) is 32.2 Å². The Morgan fingerprint density at radius 3 is 2.68 bits per heavy atom. The Bertz CT molecular complexity index is 895. The van der Waals surface area contributed by atoms with Crippen molar-refractivity contribution in [1.82, 2.24) is 10.2 Å². The van der Waals surface area contributed by atoms with E-state index in [0.717, 1.165) is 32.5 Å². The maximum absolute atomic E-state index is 12.9. The largest absolute Gasteiger partial charge is 0.573 e. The molecule has 1 aliphatic carbocycles. The van der Waals surface area contributed by atoms with Gasteiger partial charge in [-0.05, 0) is 49.0 Å². The number of halogens is 3. The quantitative estimate of drug-likeness (QED) is 0.370. The maximum Gasteiger partial charge on any atom is 0.573 e. The Balaban J connectivity index is 1.57. The molecule has 1 aliphatic heterocycles. The summed E-state index contributed by atoms with van der Waals surface area (Å²) in [7, 11) is 1.48. The first-order valence-corrected chi connectivity index (χ1v) is 11.3. The fraction of sp³-hybridized carbons (Fsp3) is 0.565. The third-order valence-corrected chi connectivity index (χ3v) is 5.49. The maximum atomic E-state index is 12.9. The Morgan fingerprint density at radius 2 is 2.03 bits per heavy atom. The fourth-order valence-electron chi connectivity index (χ4n) is 3.48. The lowest BCUT2D eigenvalue weighted by Gasteiger charge is -2.26. The van der Waals surface area contributed by atoms with E-state index in [1.54, 1.807) is 12.1 Å². The molecule has 0 atom stereocenters. The lowest BCUT2D eigenvalue weighted by Crippen LogP contribution is -2.37.